The fraction of sp³-hybridized carbons (Fsp3) is 0.250. The lowest BCUT2D eigenvalue weighted by Gasteiger charge is -2.08. The third kappa shape index (κ3) is 2.64. The van der Waals surface area contributed by atoms with Crippen LogP contribution in [0.3, 0.4) is 0 Å². The Hall–Kier alpha value is -2.35. The summed E-state index contributed by atoms with van der Waals surface area (Å²) in [7, 11) is 3.80. The summed E-state index contributed by atoms with van der Waals surface area (Å²) in [5.41, 5.74) is 1.60. The summed E-state index contributed by atoms with van der Waals surface area (Å²) in [6.07, 6.45) is 7.15. The van der Waals surface area contributed by atoms with Gasteiger partial charge in [0.05, 0.1) is 12.7 Å². The van der Waals surface area contributed by atoms with Crippen molar-refractivity contribution in [2.24, 2.45) is 0 Å². The summed E-state index contributed by atoms with van der Waals surface area (Å²) < 4.78 is 1.76. The van der Waals surface area contributed by atoms with Crippen molar-refractivity contribution >= 4 is 17.3 Å². The first-order chi connectivity index (χ1) is 9.72. The molecule has 3 heterocycles. The fourth-order valence-corrected chi connectivity index (χ4v) is 2.27. The first-order valence-electron chi connectivity index (χ1n) is 6.00. The van der Waals surface area contributed by atoms with E-state index in [4.69, 9.17) is 0 Å². The van der Waals surface area contributed by atoms with E-state index in [1.165, 1.54) is 0 Å². The van der Waals surface area contributed by atoms with Crippen molar-refractivity contribution in [3.8, 4) is 11.3 Å². The minimum atomic E-state index is 0.626. The van der Waals surface area contributed by atoms with Gasteiger partial charge in [0, 0.05) is 43.6 Å². The molecule has 3 aromatic rings. The van der Waals surface area contributed by atoms with Crippen molar-refractivity contribution in [2.45, 2.75) is 6.54 Å². The van der Waals surface area contributed by atoms with Gasteiger partial charge in [-0.25, -0.2) is 19.6 Å². The second kappa shape index (κ2) is 5.33. The third-order valence-electron chi connectivity index (χ3n) is 2.65. The maximum Gasteiger partial charge on any atom is 0.224 e. The molecular formula is C12H13N7S. The summed E-state index contributed by atoms with van der Waals surface area (Å²) in [5, 5.41) is 11.2. The lowest BCUT2D eigenvalue weighted by Crippen LogP contribution is -2.12. The van der Waals surface area contributed by atoms with E-state index in [-0.39, 0.29) is 0 Å². The van der Waals surface area contributed by atoms with Crippen LogP contribution in [0.2, 0.25) is 0 Å². The van der Waals surface area contributed by atoms with Crippen molar-refractivity contribution in [2.75, 3.05) is 19.0 Å². The first kappa shape index (κ1) is 12.7. The molecule has 0 spiro atoms. The van der Waals surface area contributed by atoms with Crippen LogP contribution < -0.4 is 4.90 Å². The fourth-order valence-electron chi connectivity index (χ4n) is 1.66. The zero-order valence-corrected chi connectivity index (χ0v) is 11.9. The van der Waals surface area contributed by atoms with Crippen LogP contribution >= 0.6 is 11.3 Å². The molecule has 3 rings (SSSR count). The number of nitrogens with zero attached hydrogens (tertiary/aromatic N) is 7. The zero-order valence-electron chi connectivity index (χ0n) is 11.1. The van der Waals surface area contributed by atoms with E-state index in [9.17, 15) is 0 Å². The Labute approximate surface area is 119 Å². The second-order valence-corrected chi connectivity index (χ2v) is 5.37. The molecule has 0 radical (unpaired) electrons. The van der Waals surface area contributed by atoms with Crippen LogP contribution in [0.4, 0.5) is 5.95 Å². The molecule has 0 bridgehead atoms. The summed E-state index contributed by atoms with van der Waals surface area (Å²) >= 11 is 1.60. The van der Waals surface area contributed by atoms with Crippen LogP contribution in [0.25, 0.3) is 11.3 Å². The van der Waals surface area contributed by atoms with E-state index < -0.39 is 0 Å². The monoisotopic (exact) mass is 287 g/mol. The Morgan fingerprint density at radius 3 is 2.65 bits per heavy atom. The van der Waals surface area contributed by atoms with Crippen LogP contribution in [0.15, 0.2) is 30.2 Å². The summed E-state index contributed by atoms with van der Waals surface area (Å²) in [4.78, 5) is 14.6. The molecule has 3 aromatic heterocycles. The normalized spacial score (nSPS) is 10.7. The summed E-state index contributed by atoms with van der Waals surface area (Å²) in [6.45, 7) is 0.626. The van der Waals surface area contributed by atoms with Gasteiger partial charge < -0.3 is 4.90 Å². The van der Waals surface area contributed by atoms with Crippen molar-refractivity contribution in [1.82, 2.24) is 29.9 Å². The van der Waals surface area contributed by atoms with Crippen LogP contribution in [0.5, 0.6) is 0 Å². The molecule has 0 aromatic carbocycles. The minimum Gasteiger partial charge on any atom is -0.347 e. The lowest BCUT2D eigenvalue weighted by atomic mass is 10.3. The van der Waals surface area contributed by atoms with E-state index in [0.29, 0.717) is 12.5 Å². The van der Waals surface area contributed by atoms with E-state index in [1.807, 2.05) is 30.6 Å². The number of rotatable bonds is 4. The van der Waals surface area contributed by atoms with Gasteiger partial charge in [0.15, 0.2) is 0 Å². The largest absolute Gasteiger partial charge is 0.347 e. The highest BCUT2D eigenvalue weighted by molar-refractivity contribution is 7.09. The van der Waals surface area contributed by atoms with Crippen LogP contribution in [-0.4, -0.2) is 44.0 Å². The van der Waals surface area contributed by atoms with Crippen LogP contribution in [0.1, 0.15) is 5.01 Å². The number of aromatic nitrogens is 6. The number of hydrogen-bond acceptors (Lipinski definition) is 7. The quantitative estimate of drug-likeness (QED) is 0.720. The molecule has 0 aliphatic heterocycles. The maximum absolute atomic E-state index is 4.27. The average molecular weight is 287 g/mol. The predicted molar refractivity (Wildman–Crippen MR) is 76.6 cm³/mol. The average Bonchev–Trinajstić information content (AvgIpc) is 3.11. The first-order valence-corrected chi connectivity index (χ1v) is 6.88. The van der Waals surface area contributed by atoms with Crippen molar-refractivity contribution < 1.29 is 0 Å². The molecule has 7 nitrogen and oxygen atoms in total. The van der Waals surface area contributed by atoms with E-state index >= 15 is 0 Å². The number of hydrogen-bond donors (Lipinski definition) is 0. The summed E-state index contributed by atoms with van der Waals surface area (Å²) in [6, 6.07) is 0. The SMILES string of the molecule is CN(C)c1ncc(-c2cn(Cc3nccs3)nn2)cn1. The zero-order chi connectivity index (χ0) is 13.9. The molecule has 0 atom stereocenters. The van der Waals surface area contributed by atoms with Gasteiger partial charge >= 0.3 is 0 Å². The highest BCUT2D eigenvalue weighted by Crippen LogP contribution is 2.16. The van der Waals surface area contributed by atoms with Crippen LogP contribution in [-0.2, 0) is 6.54 Å². The number of thiazole rings is 1. The molecule has 0 aliphatic rings. The van der Waals surface area contributed by atoms with Crippen LogP contribution in [0, 0.1) is 0 Å². The van der Waals surface area contributed by atoms with Crippen molar-refractivity contribution in [3.05, 3.63) is 35.2 Å². The lowest BCUT2D eigenvalue weighted by molar-refractivity contribution is 0.647. The van der Waals surface area contributed by atoms with E-state index in [1.54, 1.807) is 34.6 Å². The Morgan fingerprint density at radius 2 is 2.00 bits per heavy atom. The standard InChI is InChI=1S/C12H13N7S/c1-18(2)12-14-5-9(6-15-12)10-7-19(17-16-10)8-11-13-3-4-20-11/h3-7H,8H2,1-2H3. The van der Waals surface area contributed by atoms with E-state index in [2.05, 4.69) is 25.3 Å². The molecule has 102 valence electrons. The maximum atomic E-state index is 4.27. The van der Waals surface area contributed by atoms with Gasteiger partial charge in [0.25, 0.3) is 0 Å². The molecule has 0 aliphatic carbocycles. The molecule has 0 N–H and O–H groups in total. The second-order valence-electron chi connectivity index (χ2n) is 4.39. The molecule has 0 unspecified atom stereocenters. The van der Waals surface area contributed by atoms with Crippen molar-refractivity contribution in [3.63, 3.8) is 0 Å². The Kier molecular flexibility index (Phi) is 3.38. The molecule has 20 heavy (non-hydrogen) atoms. The van der Waals surface area contributed by atoms with Gasteiger partial charge in [-0.1, -0.05) is 5.21 Å². The molecule has 8 heteroatoms. The van der Waals surface area contributed by atoms with E-state index in [0.717, 1.165) is 16.3 Å². The smallest absolute Gasteiger partial charge is 0.224 e. The Bertz CT molecular complexity index is 672. The van der Waals surface area contributed by atoms with Gasteiger partial charge in [0.1, 0.15) is 10.7 Å². The van der Waals surface area contributed by atoms with Gasteiger partial charge in [-0.05, 0) is 0 Å². The minimum absolute atomic E-state index is 0.626. The number of anilines is 1. The highest BCUT2D eigenvalue weighted by Gasteiger charge is 2.07. The third-order valence-corrected chi connectivity index (χ3v) is 3.42. The molecule has 0 saturated heterocycles. The molecule has 0 saturated carbocycles. The Balaban J connectivity index is 1.79. The topological polar surface area (TPSA) is 72.6 Å². The van der Waals surface area contributed by atoms with Gasteiger partial charge in [0.2, 0.25) is 5.95 Å². The highest BCUT2D eigenvalue weighted by atomic mass is 32.1. The summed E-state index contributed by atoms with van der Waals surface area (Å²) in [5.74, 6) is 0.670. The van der Waals surface area contributed by atoms with Gasteiger partial charge in [-0.3, -0.25) is 0 Å². The molecule has 0 amide bonds. The molecule has 0 fully saturated rings. The van der Waals surface area contributed by atoms with Crippen molar-refractivity contribution in [1.29, 1.82) is 0 Å². The van der Waals surface area contributed by atoms with Gasteiger partial charge in [-0.15, -0.1) is 16.4 Å². The predicted octanol–water partition coefficient (Wildman–Crippen LogP) is 1.31. The molecular weight excluding hydrogens is 274 g/mol. The van der Waals surface area contributed by atoms with Gasteiger partial charge in [-0.2, -0.15) is 0 Å². The Morgan fingerprint density at radius 1 is 1.20 bits per heavy atom.